The maximum atomic E-state index is 12.6. The number of imidazole rings is 1. The van der Waals surface area contributed by atoms with Gasteiger partial charge in [-0.25, -0.2) is 14.3 Å². The number of nitrogens with zero attached hydrogens (tertiary/aromatic N) is 3. The highest BCUT2D eigenvalue weighted by Crippen LogP contribution is 2.28. The van der Waals surface area contributed by atoms with Crippen molar-refractivity contribution in [3.8, 4) is 22.9 Å². The standard InChI is InChI=1S/C22H25F3N4O4/c1-5-15(27-20(30)33-21(2,3)4)13-31-19-10-9-18-26-12-17(29(18)28-19)14-7-6-8-16(11-14)32-22(23,24)25/h6-12,15H,5,13H2,1-4H3,(H,27,30)/t15-/m0/s1. The molecule has 2 heterocycles. The molecule has 1 amide bonds. The van der Waals surface area contributed by atoms with Crippen LogP contribution in [0.15, 0.2) is 42.6 Å². The maximum absolute atomic E-state index is 12.6. The Morgan fingerprint density at radius 1 is 1.18 bits per heavy atom. The summed E-state index contributed by atoms with van der Waals surface area (Å²) in [6, 6.07) is 8.52. The molecule has 3 rings (SSSR count). The largest absolute Gasteiger partial charge is 0.573 e. The highest BCUT2D eigenvalue weighted by atomic mass is 19.4. The van der Waals surface area contributed by atoms with Crippen molar-refractivity contribution in [3.05, 3.63) is 42.6 Å². The number of benzene rings is 1. The van der Waals surface area contributed by atoms with Gasteiger partial charge < -0.3 is 19.5 Å². The summed E-state index contributed by atoms with van der Waals surface area (Å²) < 4.78 is 54.1. The summed E-state index contributed by atoms with van der Waals surface area (Å²) in [5, 5.41) is 7.13. The zero-order chi connectivity index (χ0) is 24.2. The number of halogens is 3. The van der Waals surface area contributed by atoms with Gasteiger partial charge in [-0.15, -0.1) is 18.3 Å². The molecule has 0 spiro atoms. The Bertz CT molecular complexity index is 1110. The predicted molar refractivity (Wildman–Crippen MR) is 114 cm³/mol. The van der Waals surface area contributed by atoms with Crippen LogP contribution in [0.25, 0.3) is 16.9 Å². The lowest BCUT2D eigenvalue weighted by molar-refractivity contribution is -0.274. The molecule has 0 bridgehead atoms. The fourth-order valence-corrected chi connectivity index (χ4v) is 2.90. The molecule has 178 valence electrons. The van der Waals surface area contributed by atoms with Crippen LogP contribution in [0.5, 0.6) is 11.6 Å². The van der Waals surface area contributed by atoms with Crippen molar-refractivity contribution in [2.24, 2.45) is 0 Å². The first kappa shape index (κ1) is 24.1. The number of nitrogens with one attached hydrogen (secondary N) is 1. The van der Waals surface area contributed by atoms with Crippen LogP contribution in [-0.4, -0.2) is 45.3 Å². The summed E-state index contributed by atoms with van der Waals surface area (Å²) in [5.74, 6) is -0.0877. The van der Waals surface area contributed by atoms with E-state index < -0.39 is 18.1 Å². The van der Waals surface area contributed by atoms with Gasteiger partial charge in [0.2, 0.25) is 5.88 Å². The minimum absolute atomic E-state index is 0.146. The normalized spacial score (nSPS) is 12.9. The number of carbonyl (C=O) groups is 1. The van der Waals surface area contributed by atoms with E-state index in [-0.39, 0.29) is 24.3 Å². The van der Waals surface area contributed by atoms with E-state index >= 15 is 0 Å². The fraction of sp³-hybridized carbons (Fsp3) is 0.409. The lowest BCUT2D eigenvalue weighted by Crippen LogP contribution is -2.41. The van der Waals surface area contributed by atoms with Gasteiger partial charge in [0.25, 0.3) is 0 Å². The number of amides is 1. The van der Waals surface area contributed by atoms with Gasteiger partial charge in [-0.1, -0.05) is 19.1 Å². The van der Waals surface area contributed by atoms with Crippen LogP contribution in [0.3, 0.4) is 0 Å². The molecule has 1 atom stereocenters. The predicted octanol–water partition coefficient (Wildman–Crippen LogP) is 4.98. The lowest BCUT2D eigenvalue weighted by Gasteiger charge is -2.23. The van der Waals surface area contributed by atoms with Gasteiger partial charge in [0, 0.05) is 11.6 Å². The van der Waals surface area contributed by atoms with Crippen molar-refractivity contribution in [2.75, 3.05) is 6.61 Å². The maximum Gasteiger partial charge on any atom is 0.573 e. The van der Waals surface area contributed by atoms with Crippen molar-refractivity contribution in [1.29, 1.82) is 0 Å². The van der Waals surface area contributed by atoms with Crippen molar-refractivity contribution >= 4 is 11.7 Å². The van der Waals surface area contributed by atoms with Crippen LogP contribution in [0.1, 0.15) is 34.1 Å². The Kier molecular flexibility index (Phi) is 6.99. The average Bonchev–Trinajstić information content (AvgIpc) is 3.12. The number of aromatic nitrogens is 3. The van der Waals surface area contributed by atoms with Crippen molar-refractivity contribution in [2.45, 2.75) is 52.1 Å². The van der Waals surface area contributed by atoms with Crippen molar-refractivity contribution < 1.29 is 32.2 Å². The van der Waals surface area contributed by atoms with E-state index in [4.69, 9.17) is 9.47 Å². The lowest BCUT2D eigenvalue weighted by atomic mass is 10.1. The van der Waals surface area contributed by atoms with Crippen LogP contribution in [0.2, 0.25) is 0 Å². The quantitative estimate of drug-likeness (QED) is 0.529. The molecule has 0 aliphatic carbocycles. The molecule has 2 aromatic heterocycles. The van der Waals surface area contributed by atoms with Gasteiger partial charge in [0.1, 0.15) is 18.0 Å². The Hall–Kier alpha value is -3.50. The molecular formula is C22H25F3N4O4. The zero-order valence-corrected chi connectivity index (χ0v) is 18.6. The molecule has 0 saturated carbocycles. The van der Waals surface area contributed by atoms with Gasteiger partial charge >= 0.3 is 12.5 Å². The molecule has 0 saturated heterocycles. The van der Waals surface area contributed by atoms with E-state index in [9.17, 15) is 18.0 Å². The van der Waals surface area contributed by atoms with Gasteiger partial charge in [-0.3, -0.25) is 0 Å². The molecule has 11 heteroatoms. The second kappa shape index (κ2) is 9.55. The Balaban J connectivity index is 1.75. The average molecular weight is 466 g/mol. The SMILES string of the molecule is CC[C@@H](COc1ccc2ncc(-c3cccc(OC(F)(F)F)c3)n2n1)NC(=O)OC(C)(C)C. The molecule has 0 fully saturated rings. The number of hydrogen-bond donors (Lipinski definition) is 1. The number of fused-ring (bicyclic) bond motifs is 1. The number of carbonyl (C=O) groups excluding carboxylic acids is 1. The highest BCUT2D eigenvalue weighted by molar-refractivity contribution is 5.68. The molecule has 1 aromatic carbocycles. The molecule has 33 heavy (non-hydrogen) atoms. The number of hydrogen-bond acceptors (Lipinski definition) is 6. The third-order valence-corrected chi connectivity index (χ3v) is 4.35. The minimum atomic E-state index is -4.79. The first-order chi connectivity index (χ1) is 15.4. The Morgan fingerprint density at radius 2 is 1.94 bits per heavy atom. The second-order valence-corrected chi connectivity index (χ2v) is 8.22. The summed E-state index contributed by atoms with van der Waals surface area (Å²) in [7, 11) is 0. The molecule has 8 nitrogen and oxygen atoms in total. The Labute approximate surface area is 188 Å². The third-order valence-electron chi connectivity index (χ3n) is 4.35. The van der Waals surface area contributed by atoms with Gasteiger partial charge in [0.15, 0.2) is 5.65 Å². The van der Waals surface area contributed by atoms with E-state index in [0.717, 1.165) is 0 Å². The fourth-order valence-electron chi connectivity index (χ4n) is 2.90. The molecule has 0 radical (unpaired) electrons. The van der Waals surface area contributed by atoms with E-state index in [2.05, 4.69) is 20.1 Å². The molecule has 0 aliphatic rings. The number of rotatable bonds is 7. The van der Waals surface area contributed by atoms with Gasteiger partial charge in [-0.2, -0.15) is 0 Å². The smallest absolute Gasteiger partial charge is 0.474 e. The van der Waals surface area contributed by atoms with Gasteiger partial charge in [0.05, 0.1) is 17.9 Å². The first-order valence-electron chi connectivity index (χ1n) is 10.3. The van der Waals surface area contributed by atoms with Crippen LogP contribution in [0, 0.1) is 0 Å². The minimum Gasteiger partial charge on any atom is -0.474 e. The summed E-state index contributed by atoms with van der Waals surface area (Å²) in [6.45, 7) is 7.36. The molecule has 0 aliphatic heterocycles. The topological polar surface area (TPSA) is 87.0 Å². The van der Waals surface area contributed by atoms with Crippen molar-refractivity contribution in [3.63, 3.8) is 0 Å². The summed E-state index contributed by atoms with van der Waals surface area (Å²) in [4.78, 5) is 16.2. The Morgan fingerprint density at radius 3 is 2.61 bits per heavy atom. The summed E-state index contributed by atoms with van der Waals surface area (Å²) in [6.07, 6.45) is -3.23. The third kappa shape index (κ3) is 6.99. The van der Waals surface area contributed by atoms with Crippen LogP contribution in [0.4, 0.5) is 18.0 Å². The number of alkyl halides is 3. The number of ether oxygens (including phenoxy) is 3. The van der Waals surface area contributed by atoms with Crippen LogP contribution >= 0.6 is 0 Å². The summed E-state index contributed by atoms with van der Waals surface area (Å²) >= 11 is 0. The van der Waals surface area contributed by atoms with Crippen LogP contribution < -0.4 is 14.8 Å². The molecular weight excluding hydrogens is 441 g/mol. The summed E-state index contributed by atoms with van der Waals surface area (Å²) in [5.41, 5.74) is 0.767. The van der Waals surface area contributed by atoms with E-state index in [0.29, 0.717) is 23.3 Å². The molecule has 1 N–H and O–H groups in total. The van der Waals surface area contributed by atoms with E-state index in [1.165, 1.54) is 28.9 Å². The molecule has 3 aromatic rings. The monoisotopic (exact) mass is 466 g/mol. The van der Waals surface area contributed by atoms with Gasteiger partial charge in [-0.05, 0) is 45.4 Å². The molecule has 0 unspecified atom stereocenters. The number of alkyl carbamates (subject to hydrolysis) is 1. The van der Waals surface area contributed by atoms with Crippen molar-refractivity contribution in [1.82, 2.24) is 19.9 Å². The highest BCUT2D eigenvalue weighted by Gasteiger charge is 2.31. The van der Waals surface area contributed by atoms with Crippen LogP contribution in [-0.2, 0) is 4.74 Å². The first-order valence-corrected chi connectivity index (χ1v) is 10.3. The zero-order valence-electron chi connectivity index (χ0n) is 18.6. The van der Waals surface area contributed by atoms with E-state index in [1.54, 1.807) is 39.0 Å². The second-order valence-electron chi connectivity index (χ2n) is 8.22. The van der Waals surface area contributed by atoms with E-state index in [1.807, 2.05) is 6.92 Å².